The van der Waals surface area contributed by atoms with E-state index in [2.05, 4.69) is 17.3 Å². The van der Waals surface area contributed by atoms with Gasteiger partial charge in [0, 0.05) is 19.4 Å². The van der Waals surface area contributed by atoms with Gasteiger partial charge in [-0.3, -0.25) is 5.84 Å². The van der Waals surface area contributed by atoms with Gasteiger partial charge in [0.25, 0.3) is 0 Å². The zero-order chi connectivity index (χ0) is 14.6. The van der Waals surface area contributed by atoms with Crippen LogP contribution in [0.25, 0.3) is 0 Å². The van der Waals surface area contributed by atoms with E-state index in [0.29, 0.717) is 0 Å². The van der Waals surface area contributed by atoms with E-state index in [1.165, 1.54) is 57.8 Å². The number of hydrogen-bond acceptors (Lipinski definition) is 3. The Morgan fingerprint density at radius 2 is 1.70 bits per heavy atom. The first-order chi connectivity index (χ1) is 9.79. The zero-order valence-corrected chi connectivity index (χ0v) is 13.3. The number of hydrogen-bond donors (Lipinski definition) is 2. The first kappa shape index (κ1) is 17.2. The topological polar surface area (TPSA) is 55.9 Å². The average molecular weight is 280 g/mol. The molecule has 0 aromatic carbocycles. The molecule has 0 radical (unpaired) electrons. The lowest BCUT2D eigenvalue weighted by molar-refractivity contribution is 0.448. The van der Waals surface area contributed by atoms with Crippen LogP contribution in [0, 0.1) is 0 Å². The molecule has 4 nitrogen and oxygen atoms in total. The molecule has 0 aliphatic heterocycles. The maximum absolute atomic E-state index is 5.64. The highest BCUT2D eigenvalue weighted by Crippen LogP contribution is 2.18. The van der Waals surface area contributed by atoms with Crippen LogP contribution in [0.2, 0.25) is 0 Å². The fraction of sp³-hybridized carbons (Fsp3) is 0.812. The Bertz CT molecular complexity index is 335. The maximum Gasteiger partial charge on any atom is 0.126 e. The first-order valence-corrected chi connectivity index (χ1v) is 8.23. The van der Waals surface area contributed by atoms with E-state index in [1.807, 2.05) is 24.0 Å². The van der Waals surface area contributed by atoms with Gasteiger partial charge in [0.15, 0.2) is 0 Å². The monoisotopic (exact) mass is 280 g/mol. The molecule has 20 heavy (non-hydrogen) atoms. The molecule has 4 heteroatoms. The number of unbranched alkanes of at least 4 members (excludes halogenated alkanes) is 8. The highest BCUT2D eigenvalue weighted by atomic mass is 15.3. The zero-order valence-electron chi connectivity index (χ0n) is 13.3. The second kappa shape index (κ2) is 10.9. The van der Waals surface area contributed by atoms with E-state index < -0.39 is 0 Å². The van der Waals surface area contributed by atoms with Gasteiger partial charge in [-0.2, -0.15) is 0 Å². The molecule has 0 amide bonds. The van der Waals surface area contributed by atoms with Gasteiger partial charge in [-0.05, 0) is 6.42 Å². The van der Waals surface area contributed by atoms with Gasteiger partial charge in [-0.15, -0.1) is 0 Å². The molecule has 116 valence electrons. The lowest BCUT2D eigenvalue weighted by Crippen LogP contribution is -2.30. The van der Waals surface area contributed by atoms with Crippen LogP contribution >= 0.6 is 0 Å². The number of aryl methyl sites for hydroxylation is 1. The molecule has 0 fully saturated rings. The molecule has 0 saturated heterocycles. The molecule has 0 spiro atoms. The summed E-state index contributed by atoms with van der Waals surface area (Å²) < 4.78 is 2.04. The Kier molecular flexibility index (Phi) is 9.33. The minimum Gasteiger partial charge on any atom is -0.337 e. The summed E-state index contributed by atoms with van der Waals surface area (Å²) in [5, 5.41) is 0. The lowest BCUT2D eigenvalue weighted by atomic mass is 10.0. The molecule has 0 bridgehead atoms. The van der Waals surface area contributed by atoms with E-state index in [9.17, 15) is 0 Å². The van der Waals surface area contributed by atoms with Crippen LogP contribution in [0.15, 0.2) is 12.4 Å². The van der Waals surface area contributed by atoms with E-state index >= 15 is 0 Å². The van der Waals surface area contributed by atoms with Crippen molar-refractivity contribution in [2.24, 2.45) is 12.9 Å². The van der Waals surface area contributed by atoms with Crippen molar-refractivity contribution < 1.29 is 0 Å². The Labute approximate surface area is 124 Å². The first-order valence-electron chi connectivity index (χ1n) is 8.23. The van der Waals surface area contributed by atoms with Gasteiger partial charge >= 0.3 is 0 Å². The van der Waals surface area contributed by atoms with Gasteiger partial charge < -0.3 is 4.57 Å². The summed E-state index contributed by atoms with van der Waals surface area (Å²) in [6.07, 6.45) is 17.1. The highest BCUT2D eigenvalue weighted by Gasteiger charge is 2.13. The number of nitrogens with two attached hydrogens (primary N) is 1. The molecule has 3 N–H and O–H groups in total. The molecule has 1 rings (SSSR count). The van der Waals surface area contributed by atoms with Crippen LogP contribution in [0.5, 0.6) is 0 Å². The predicted molar refractivity (Wildman–Crippen MR) is 85.1 cm³/mol. The van der Waals surface area contributed by atoms with Crippen molar-refractivity contribution >= 4 is 0 Å². The second-order valence-corrected chi connectivity index (χ2v) is 5.73. The third-order valence-electron chi connectivity index (χ3n) is 3.97. The van der Waals surface area contributed by atoms with Crippen LogP contribution in [0.1, 0.15) is 83.0 Å². The average Bonchev–Trinajstić information content (AvgIpc) is 2.87. The molecule has 1 aromatic heterocycles. The smallest absolute Gasteiger partial charge is 0.126 e. The van der Waals surface area contributed by atoms with Crippen molar-refractivity contribution in [3.8, 4) is 0 Å². The van der Waals surface area contributed by atoms with Gasteiger partial charge in [-0.1, -0.05) is 64.7 Å². The lowest BCUT2D eigenvalue weighted by Gasteiger charge is -2.15. The quantitative estimate of drug-likeness (QED) is 0.347. The summed E-state index contributed by atoms with van der Waals surface area (Å²) in [6, 6.07) is 0.180. The van der Waals surface area contributed by atoms with Crippen molar-refractivity contribution in [2.45, 2.75) is 77.2 Å². The molecule has 0 aliphatic rings. The van der Waals surface area contributed by atoms with E-state index in [1.54, 1.807) is 0 Å². The molecule has 1 heterocycles. The number of hydrazine groups is 1. The van der Waals surface area contributed by atoms with Crippen molar-refractivity contribution in [3.63, 3.8) is 0 Å². The van der Waals surface area contributed by atoms with Crippen LogP contribution < -0.4 is 11.3 Å². The number of nitrogens with zero attached hydrogens (tertiary/aromatic N) is 2. The highest BCUT2D eigenvalue weighted by molar-refractivity contribution is 4.97. The summed E-state index contributed by atoms with van der Waals surface area (Å²) in [5.74, 6) is 6.67. The maximum atomic E-state index is 5.64. The summed E-state index contributed by atoms with van der Waals surface area (Å²) in [6.45, 7) is 2.27. The molecule has 1 atom stereocenters. The SMILES string of the molecule is CCCCCCCCCCCC(NN)c1nccn1C. The van der Waals surface area contributed by atoms with Crippen molar-refractivity contribution in [3.05, 3.63) is 18.2 Å². The molecular formula is C16H32N4. The summed E-state index contributed by atoms with van der Waals surface area (Å²) in [7, 11) is 2.02. The van der Waals surface area contributed by atoms with Crippen molar-refractivity contribution in [1.29, 1.82) is 0 Å². The summed E-state index contributed by atoms with van der Waals surface area (Å²) >= 11 is 0. The largest absolute Gasteiger partial charge is 0.337 e. The molecule has 1 unspecified atom stereocenters. The third-order valence-corrected chi connectivity index (χ3v) is 3.97. The molecule has 0 aliphatic carbocycles. The standard InChI is InChI=1S/C16H32N4/c1-3-4-5-6-7-8-9-10-11-12-15(19-17)16-18-13-14-20(16)2/h13-15,19H,3-12,17H2,1-2H3. The molecule has 1 aromatic rings. The van der Waals surface area contributed by atoms with Gasteiger partial charge in [-0.25, -0.2) is 10.4 Å². The van der Waals surface area contributed by atoms with Crippen LogP contribution in [0.4, 0.5) is 0 Å². The predicted octanol–water partition coefficient (Wildman–Crippen LogP) is 3.85. The number of nitrogens with one attached hydrogen (secondary N) is 1. The van der Waals surface area contributed by atoms with Crippen molar-refractivity contribution in [2.75, 3.05) is 0 Å². The van der Waals surface area contributed by atoms with Crippen LogP contribution in [0.3, 0.4) is 0 Å². The van der Waals surface area contributed by atoms with Crippen LogP contribution in [-0.4, -0.2) is 9.55 Å². The van der Waals surface area contributed by atoms with Crippen LogP contribution in [-0.2, 0) is 7.05 Å². The van der Waals surface area contributed by atoms with E-state index in [-0.39, 0.29) is 6.04 Å². The fourth-order valence-corrected chi connectivity index (χ4v) is 2.66. The number of rotatable bonds is 12. The second-order valence-electron chi connectivity index (χ2n) is 5.73. The Balaban J connectivity index is 2.04. The fourth-order valence-electron chi connectivity index (χ4n) is 2.66. The molecular weight excluding hydrogens is 248 g/mol. The Hall–Kier alpha value is -0.870. The van der Waals surface area contributed by atoms with E-state index in [4.69, 9.17) is 5.84 Å². The van der Waals surface area contributed by atoms with Gasteiger partial charge in [0.1, 0.15) is 5.82 Å². The van der Waals surface area contributed by atoms with E-state index in [0.717, 1.165) is 12.2 Å². The van der Waals surface area contributed by atoms with Gasteiger partial charge in [0.05, 0.1) is 6.04 Å². The number of aromatic nitrogens is 2. The minimum atomic E-state index is 0.180. The number of imidazole rings is 1. The third kappa shape index (κ3) is 6.53. The summed E-state index contributed by atoms with van der Waals surface area (Å²) in [4.78, 5) is 4.36. The van der Waals surface area contributed by atoms with Crippen molar-refractivity contribution in [1.82, 2.24) is 15.0 Å². The minimum absolute atomic E-state index is 0.180. The molecule has 0 saturated carbocycles. The normalized spacial score (nSPS) is 12.8. The van der Waals surface area contributed by atoms with Gasteiger partial charge in [0.2, 0.25) is 0 Å². The Morgan fingerprint density at radius 1 is 1.10 bits per heavy atom. The Morgan fingerprint density at radius 3 is 2.20 bits per heavy atom. The summed E-state index contributed by atoms with van der Waals surface area (Å²) in [5.41, 5.74) is 2.89.